The Hall–Kier alpha value is -2.57. The van der Waals surface area contributed by atoms with E-state index in [2.05, 4.69) is 10.3 Å². The summed E-state index contributed by atoms with van der Waals surface area (Å²) in [5.41, 5.74) is 0.977. The van der Waals surface area contributed by atoms with Crippen LogP contribution in [-0.4, -0.2) is 18.0 Å². The highest BCUT2D eigenvalue weighted by Gasteiger charge is 2.18. The standard InChI is InChI=1S/C17H13Cl2N3O3/c1-25-22-9-14-12(6-15(22)19)16(23)13(8-20-14)17(24)21-7-10-2-4-11(18)5-3-10/h2-6,8-9H,7H2,1H3,(H-,20,21,23,24)/p+1. The molecule has 0 unspecified atom stereocenters. The van der Waals surface area contributed by atoms with Crippen LogP contribution in [-0.2, 0) is 6.54 Å². The van der Waals surface area contributed by atoms with Gasteiger partial charge in [-0.1, -0.05) is 23.7 Å². The van der Waals surface area contributed by atoms with E-state index in [9.17, 15) is 9.59 Å². The molecule has 6 nitrogen and oxygen atoms in total. The lowest BCUT2D eigenvalue weighted by Crippen LogP contribution is -2.41. The second-order valence-electron chi connectivity index (χ2n) is 5.27. The minimum absolute atomic E-state index is 0.00713. The summed E-state index contributed by atoms with van der Waals surface area (Å²) in [5.74, 6) is -0.474. The molecule has 1 amide bonds. The van der Waals surface area contributed by atoms with Crippen molar-refractivity contribution in [1.82, 2.24) is 10.3 Å². The number of rotatable bonds is 4. The molecule has 0 saturated carbocycles. The SMILES string of the molecule is CO[n+]1cc2[nH]cc(C(=O)NCc3ccc(Cl)cc3)c(=O)c2cc1Cl. The van der Waals surface area contributed by atoms with Gasteiger partial charge in [0.05, 0.1) is 5.39 Å². The number of amides is 1. The number of hydrogen-bond acceptors (Lipinski definition) is 3. The minimum atomic E-state index is -0.474. The molecule has 0 aliphatic carbocycles. The molecule has 0 aliphatic rings. The maximum atomic E-state index is 12.6. The van der Waals surface area contributed by atoms with Crippen LogP contribution in [0.5, 0.6) is 0 Å². The maximum absolute atomic E-state index is 12.6. The lowest BCUT2D eigenvalue weighted by atomic mass is 10.1. The average Bonchev–Trinajstić information content (AvgIpc) is 2.61. The van der Waals surface area contributed by atoms with E-state index in [-0.39, 0.29) is 17.3 Å². The van der Waals surface area contributed by atoms with Crippen LogP contribution in [0.25, 0.3) is 10.9 Å². The molecule has 8 heteroatoms. The second-order valence-corrected chi connectivity index (χ2v) is 6.10. The summed E-state index contributed by atoms with van der Waals surface area (Å²) in [5, 5.41) is 3.85. The van der Waals surface area contributed by atoms with Gasteiger partial charge in [0.15, 0.2) is 0 Å². The van der Waals surface area contributed by atoms with Gasteiger partial charge < -0.3 is 10.3 Å². The van der Waals surface area contributed by atoms with Crippen molar-refractivity contribution < 1.29 is 14.4 Å². The molecule has 2 N–H and O–H groups in total. The molecule has 0 radical (unpaired) electrons. The van der Waals surface area contributed by atoms with Crippen molar-refractivity contribution in [2.75, 3.05) is 7.11 Å². The van der Waals surface area contributed by atoms with Crippen molar-refractivity contribution >= 4 is 40.0 Å². The summed E-state index contributed by atoms with van der Waals surface area (Å²) >= 11 is 11.9. The highest BCUT2D eigenvalue weighted by atomic mass is 35.5. The summed E-state index contributed by atoms with van der Waals surface area (Å²) in [6.45, 7) is 0.284. The first-order valence-electron chi connectivity index (χ1n) is 7.33. The fraction of sp³-hybridized carbons (Fsp3) is 0.118. The quantitative estimate of drug-likeness (QED) is 0.539. The molecular weight excluding hydrogens is 365 g/mol. The number of hydrogen-bond donors (Lipinski definition) is 2. The van der Waals surface area contributed by atoms with Gasteiger partial charge in [0.25, 0.3) is 5.91 Å². The number of aromatic nitrogens is 2. The van der Waals surface area contributed by atoms with Gasteiger partial charge in [-0.15, -0.1) is 0 Å². The summed E-state index contributed by atoms with van der Waals surface area (Å²) in [6, 6.07) is 8.53. The van der Waals surface area contributed by atoms with Gasteiger partial charge in [-0.25, -0.2) is 0 Å². The van der Waals surface area contributed by atoms with Crippen LogP contribution in [0.3, 0.4) is 0 Å². The van der Waals surface area contributed by atoms with Crippen molar-refractivity contribution in [2.24, 2.45) is 0 Å². The topological polar surface area (TPSA) is 75.1 Å². The van der Waals surface area contributed by atoms with Crippen LogP contribution in [0.2, 0.25) is 10.2 Å². The number of fused-ring (bicyclic) bond motifs is 1. The number of H-pyrrole nitrogens is 1. The molecule has 0 atom stereocenters. The number of halogens is 2. The Morgan fingerprint density at radius 3 is 2.68 bits per heavy atom. The second kappa shape index (κ2) is 7.13. The molecule has 2 aromatic heterocycles. The van der Waals surface area contributed by atoms with E-state index in [1.54, 1.807) is 24.3 Å². The predicted octanol–water partition coefficient (Wildman–Crippen LogP) is 2.11. The smallest absolute Gasteiger partial charge is 0.326 e. The number of aromatic amines is 1. The minimum Gasteiger partial charge on any atom is -0.355 e. The zero-order valence-electron chi connectivity index (χ0n) is 13.2. The van der Waals surface area contributed by atoms with Gasteiger partial charge in [-0.2, -0.15) is 0 Å². The van der Waals surface area contributed by atoms with E-state index >= 15 is 0 Å². The van der Waals surface area contributed by atoms with Crippen LogP contribution in [0, 0.1) is 0 Å². The number of carbonyl (C=O) groups excluding carboxylic acids is 1. The third kappa shape index (κ3) is 3.60. The van der Waals surface area contributed by atoms with E-state index in [4.69, 9.17) is 28.0 Å². The Bertz CT molecular complexity index is 1000. The fourth-order valence-corrected chi connectivity index (χ4v) is 2.71. The Morgan fingerprint density at radius 2 is 2.00 bits per heavy atom. The normalized spacial score (nSPS) is 10.7. The third-order valence-corrected chi connectivity index (χ3v) is 4.21. The number of benzene rings is 1. The lowest BCUT2D eigenvalue weighted by molar-refractivity contribution is -0.882. The van der Waals surface area contributed by atoms with Crippen molar-refractivity contribution in [3.05, 3.63) is 74.3 Å². The van der Waals surface area contributed by atoms with Gasteiger partial charge >= 0.3 is 5.15 Å². The van der Waals surface area contributed by atoms with Gasteiger partial charge in [0.1, 0.15) is 18.2 Å². The molecule has 3 rings (SSSR count). The molecule has 0 spiro atoms. The van der Waals surface area contributed by atoms with E-state index in [1.807, 2.05) is 0 Å². The van der Waals surface area contributed by atoms with Crippen molar-refractivity contribution in [2.45, 2.75) is 6.54 Å². The van der Waals surface area contributed by atoms with E-state index < -0.39 is 11.3 Å². The maximum Gasteiger partial charge on any atom is 0.326 e. The number of pyridine rings is 2. The molecule has 128 valence electrons. The highest BCUT2D eigenvalue weighted by Crippen LogP contribution is 2.11. The Balaban J connectivity index is 1.87. The Labute approximate surface area is 152 Å². The first kappa shape index (κ1) is 17.3. The van der Waals surface area contributed by atoms with Crippen molar-refractivity contribution in [1.29, 1.82) is 0 Å². The van der Waals surface area contributed by atoms with Crippen LogP contribution in [0.4, 0.5) is 0 Å². The molecule has 3 aromatic rings. The molecular formula is C17H14Cl2N3O3+. The fourth-order valence-electron chi connectivity index (χ4n) is 2.36. The largest absolute Gasteiger partial charge is 0.355 e. The van der Waals surface area contributed by atoms with Gasteiger partial charge in [0.2, 0.25) is 11.6 Å². The van der Waals surface area contributed by atoms with Crippen molar-refractivity contribution in [3.63, 3.8) is 0 Å². The van der Waals surface area contributed by atoms with E-state index in [0.717, 1.165) is 5.56 Å². The first-order chi connectivity index (χ1) is 12.0. The van der Waals surface area contributed by atoms with Crippen LogP contribution >= 0.6 is 23.2 Å². The first-order valence-corrected chi connectivity index (χ1v) is 8.09. The Morgan fingerprint density at radius 1 is 1.28 bits per heavy atom. The highest BCUT2D eigenvalue weighted by molar-refractivity contribution is 6.30. The zero-order chi connectivity index (χ0) is 18.0. The van der Waals surface area contributed by atoms with Crippen LogP contribution < -0.4 is 20.3 Å². The third-order valence-electron chi connectivity index (χ3n) is 3.68. The summed E-state index contributed by atoms with van der Waals surface area (Å²) in [7, 11) is 1.45. The number of nitrogens with one attached hydrogen (secondary N) is 2. The average molecular weight is 379 g/mol. The summed E-state index contributed by atoms with van der Waals surface area (Å²) < 4.78 is 1.31. The number of carbonyl (C=O) groups is 1. The van der Waals surface area contributed by atoms with Crippen molar-refractivity contribution in [3.8, 4) is 0 Å². The number of nitrogens with zero attached hydrogens (tertiary/aromatic N) is 1. The van der Waals surface area contributed by atoms with Gasteiger partial charge in [-0.05, 0) is 29.3 Å². The molecule has 0 bridgehead atoms. The molecule has 0 fully saturated rings. The molecule has 0 aliphatic heterocycles. The van der Waals surface area contributed by atoms with Gasteiger partial charge in [0, 0.05) is 28.6 Å². The van der Waals surface area contributed by atoms with Crippen LogP contribution in [0.1, 0.15) is 15.9 Å². The summed E-state index contributed by atoms with van der Waals surface area (Å²) in [4.78, 5) is 32.9. The molecule has 25 heavy (non-hydrogen) atoms. The summed E-state index contributed by atoms with van der Waals surface area (Å²) in [6.07, 6.45) is 2.91. The molecule has 1 aromatic carbocycles. The Kier molecular flexibility index (Phi) is 4.92. The van der Waals surface area contributed by atoms with Crippen LogP contribution in [0.15, 0.2) is 47.5 Å². The van der Waals surface area contributed by atoms with E-state index in [0.29, 0.717) is 15.9 Å². The molecule has 0 saturated heterocycles. The molecule has 2 heterocycles. The zero-order valence-corrected chi connectivity index (χ0v) is 14.7. The lowest BCUT2D eigenvalue weighted by Gasteiger charge is -2.06. The monoisotopic (exact) mass is 378 g/mol. The predicted molar refractivity (Wildman–Crippen MR) is 94.9 cm³/mol. The van der Waals surface area contributed by atoms with E-state index in [1.165, 1.54) is 30.3 Å². The van der Waals surface area contributed by atoms with Gasteiger partial charge in [-0.3, -0.25) is 14.4 Å².